The highest BCUT2D eigenvalue weighted by Gasteiger charge is 2.32. The molecule has 0 aliphatic rings. The molecule has 3 aromatic rings. The Hall–Kier alpha value is -3.59. The number of nitrogens with one attached hydrogen (secondary N) is 2. The van der Waals surface area contributed by atoms with Crippen LogP contribution >= 0.6 is 11.6 Å². The molecule has 0 unspecified atom stereocenters. The van der Waals surface area contributed by atoms with E-state index < -0.39 is 23.9 Å². The van der Waals surface area contributed by atoms with E-state index in [1.807, 2.05) is 0 Å². The molecule has 2 N–H and O–H groups in total. The molecule has 0 aliphatic carbocycles. The zero-order valence-electron chi connectivity index (χ0n) is 16.4. The molecule has 0 bridgehead atoms. The molecular formula is C22H17ClF3N3O3. The SMILES string of the molecule is O=C(Nc1ccc(CNC(=O)c2ccc(C(F)(F)F)nc2)cc1)OCc1ccc(Cl)cc1. The summed E-state index contributed by atoms with van der Waals surface area (Å²) in [6.45, 7) is 0.229. The number of aromatic nitrogens is 1. The van der Waals surface area contributed by atoms with Crippen molar-refractivity contribution < 1.29 is 27.5 Å². The number of hydrogen-bond donors (Lipinski definition) is 2. The van der Waals surface area contributed by atoms with Gasteiger partial charge in [-0.2, -0.15) is 13.2 Å². The normalized spacial score (nSPS) is 11.0. The molecule has 6 nitrogen and oxygen atoms in total. The van der Waals surface area contributed by atoms with Gasteiger partial charge in [0.05, 0.1) is 5.56 Å². The Morgan fingerprint density at radius 1 is 0.938 bits per heavy atom. The molecule has 0 saturated heterocycles. The molecule has 2 aromatic carbocycles. The van der Waals surface area contributed by atoms with Crippen LogP contribution in [0, 0.1) is 0 Å². The van der Waals surface area contributed by atoms with Crippen LogP contribution in [0.2, 0.25) is 5.02 Å². The lowest BCUT2D eigenvalue weighted by atomic mass is 10.2. The fourth-order valence-corrected chi connectivity index (χ4v) is 2.70. The molecule has 1 aromatic heterocycles. The summed E-state index contributed by atoms with van der Waals surface area (Å²) in [4.78, 5) is 27.2. The number of ether oxygens (including phenoxy) is 1. The van der Waals surface area contributed by atoms with Gasteiger partial charge in [-0.15, -0.1) is 0 Å². The Balaban J connectivity index is 1.46. The minimum absolute atomic E-state index is 0.0136. The highest BCUT2D eigenvalue weighted by molar-refractivity contribution is 6.30. The Morgan fingerprint density at radius 2 is 1.59 bits per heavy atom. The van der Waals surface area contributed by atoms with Gasteiger partial charge in [0.1, 0.15) is 12.3 Å². The van der Waals surface area contributed by atoms with Crippen LogP contribution in [0.1, 0.15) is 27.2 Å². The fraction of sp³-hybridized carbons (Fsp3) is 0.136. The number of alkyl halides is 3. The van der Waals surface area contributed by atoms with Crippen molar-refractivity contribution in [1.29, 1.82) is 0 Å². The predicted octanol–water partition coefficient (Wildman–Crippen LogP) is 5.43. The van der Waals surface area contributed by atoms with Crippen molar-refractivity contribution >= 4 is 29.3 Å². The number of carbonyl (C=O) groups is 2. The lowest BCUT2D eigenvalue weighted by Crippen LogP contribution is -2.23. The average molecular weight is 464 g/mol. The first-order valence-electron chi connectivity index (χ1n) is 9.29. The molecule has 0 aliphatic heterocycles. The largest absolute Gasteiger partial charge is 0.444 e. The molecule has 2 amide bonds. The molecule has 1 heterocycles. The third-order valence-electron chi connectivity index (χ3n) is 4.25. The number of nitrogens with zero attached hydrogens (tertiary/aromatic N) is 1. The Kier molecular flexibility index (Phi) is 7.32. The van der Waals surface area contributed by atoms with Gasteiger partial charge in [0.15, 0.2) is 0 Å². The van der Waals surface area contributed by atoms with Gasteiger partial charge in [-0.05, 0) is 47.5 Å². The number of rotatable bonds is 6. The van der Waals surface area contributed by atoms with Gasteiger partial charge in [0.2, 0.25) is 0 Å². The van der Waals surface area contributed by atoms with Crippen LogP contribution in [0.15, 0.2) is 66.9 Å². The molecule has 3 rings (SSSR count). The molecular weight excluding hydrogens is 447 g/mol. The number of carbonyl (C=O) groups excluding carboxylic acids is 2. The minimum Gasteiger partial charge on any atom is -0.444 e. The van der Waals surface area contributed by atoms with E-state index in [0.717, 1.165) is 29.5 Å². The van der Waals surface area contributed by atoms with E-state index in [9.17, 15) is 22.8 Å². The average Bonchev–Trinajstić information content (AvgIpc) is 2.77. The van der Waals surface area contributed by atoms with Gasteiger partial charge in [-0.3, -0.25) is 15.1 Å². The first kappa shape index (κ1) is 23.1. The van der Waals surface area contributed by atoms with Gasteiger partial charge in [-0.25, -0.2) is 4.79 Å². The Morgan fingerprint density at radius 3 is 2.19 bits per heavy atom. The van der Waals surface area contributed by atoms with Crippen LogP contribution in [0.3, 0.4) is 0 Å². The van der Waals surface area contributed by atoms with E-state index in [-0.39, 0.29) is 18.7 Å². The van der Waals surface area contributed by atoms with Gasteiger partial charge in [0, 0.05) is 23.5 Å². The summed E-state index contributed by atoms with van der Waals surface area (Å²) in [6.07, 6.45) is -4.32. The van der Waals surface area contributed by atoms with Gasteiger partial charge in [-0.1, -0.05) is 35.9 Å². The third-order valence-corrected chi connectivity index (χ3v) is 4.50. The zero-order valence-corrected chi connectivity index (χ0v) is 17.2. The highest BCUT2D eigenvalue weighted by atomic mass is 35.5. The van der Waals surface area contributed by atoms with Crippen molar-refractivity contribution in [3.05, 3.63) is 94.3 Å². The molecule has 0 radical (unpaired) electrons. The molecule has 10 heteroatoms. The van der Waals surface area contributed by atoms with Crippen LogP contribution in [0.5, 0.6) is 0 Å². The number of halogens is 4. The number of hydrogen-bond acceptors (Lipinski definition) is 4. The summed E-state index contributed by atoms with van der Waals surface area (Å²) in [6, 6.07) is 15.3. The van der Waals surface area contributed by atoms with E-state index >= 15 is 0 Å². The predicted molar refractivity (Wildman–Crippen MR) is 112 cm³/mol. The van der Waals surface area contributed by atoms with Crippen molar-refractivity contribution in [3.8, 4) is 0 Å². The molecule has 0 atom stereocenters. The summed E-state index contributed by atoms with van der Waals surface area (Å²) in [7, 11) is 0. The van der Waals surface area contributed by atoms with Crippen molar-refractivity contribution in [1.82, 2.24) is 10.3 Å². The maximum Gasteiger partial charge on any atom is 0.433 e. The van der Waals surface area contributed by atoms with Crippen LogP contribution in [0.4, 0.5) is 23.7 Å². The molecule has 166 valence electrons. The van der Waals surface area contributed by atoms with Crippen LogP contribution in [-0.4, -0.2) is 17.0 Å². The molecule has 32 heavy (non-hydrogen) atoms. The standard InChI is InChI=1S/C22H17ClF3N3O3/c23-17-6-1-15(2-7-17)13-32-21(31)29-18-8-3-14(4-9-18)11-28-20(30)16-5-10-19(27-12-16)22(24,25)26/h1-10,12H,11,13H2,(H,28,30)(H,29,31). The van der Waals surface area contributed by atoms with E-state index in [0.29, 0.717) is 10.7 Å². The highest BCUT2D eigenvalue weighted by Crippen LogP contribution is 2.27. The Bertz CT molecular complexity index is 1070. The van der Waals surface area contributed by atoms with Crippen molar-refractivity contribution in [2.75, 3.05) is 5.32 Å². The lowest BCUT2D eigenvalue weighted by molar-refractivity contribution is -0.141. The molecule has 0 fully saturated rings. The summed E-state index contributed by atoms with van der Waals surface area (Å²) in [5, 5.41) is 5.77. The first-order valence-corrected chi connectivity index (χ1v) is 9.67. The molecule has 0 saturated carbocycles. The van der Waals surface area contributed by atoms with Crippen molar-refractivity contribution in [3.63, 3.8) is 0 Å². The Labute approximate surface area is 186 Å². The minimum atomic E-state index is -4.56. The van der Waals surface area contributed by atoms with Crippen LogP contribution < -0.4 is 10.6 Å². The van der Waals surface area contributed by atoms with E-state index in [4.69, 9.17) is 16.3 Å². The quantitative estimate of drug-likeness (QED) is 0.510. The second kappa shape index (κ2) is 10.1. The van der Waals surface area contributed by atoms with E-state index in [1.165, 1.54) is 0 Å². The molecule has 0 spiro atoms. The summed E-state index contributed by atoms with van der Waals surface area (Å²) < 4.78 is 42.7. The number of anilines is 1. The third kappa shape index (κ3) is 6.71. The number of benzene rings is 2. The van der Waals surface area contributed by atoms with Crippen LogP contribution in [0.25, 0.3) is 0 Å². The maximum absolute atomic E-state index is 12.5. The van der Waals surface area contributed by atoms with Gasteiger partial charge in [0.25, 0.3) is 5.91 Å². The maximum atomic E-state index is 12.5. The summed E-state index contributed by atoms with van der Waals surface area (Å²) in [5.74, 6) is -0.556. The fourth-order valence-electron chi connectivity index (χ4n) is 2.57. The van der Waals surface area contributed by atoms with Crippen LogP contribution in [-0.2, 0) is 24.1 Å². The number of amides is 2. The lowest BCUT2D eigenvalue weighted by Gasteiger charge is -2.09. The smallest absolute Gasteiger partial charge is 0.433 e. The van der Waals surface area contributed by atoms with Gasteiger partial charge >= 0.3 is 12.3 Å². The van der Waals surface area contributed by atoms with Crippen molar-refractivity contribution in [2.24, 2.45) is 0 Å². The monoisotopic (exact) mass is 463 g/mol. The second-order valence-electron chi connectivity index (χ2n) is 6.64. The summed E-state index contributed by atoms with van der Waals surface area (Å²) >= 11 is 5.80. The van der Waals surface area contributed by atoms with Crippen molar-refractivity contribution in [2.45, 2.75) is 19.3 Å². The summed E-state index contributed by atoms with van der Waals surface area (Å²) in [5.41, 5.74) is 0.953. The van der Waals surface area contributed by atoms with Gasteiger partial charge < -0.3 is 10.1 Å². The topological polar surface area (TPSA) is 80.3 Å². The first-order chi connectivity index (χ1) is 15.2. The van der Waals surface area contributed by atoms with E-state index in [2.05, 4.69) is 15.6 Å². The number of pyridine rings is 1. The van der Waals surface area contributed by atoms with E-state index in [1.54, 1.807) is 48.5 Å². The zero-order chi connectivity index (χ0) is 23.1. The second-order valence-corrected chi connectivity index (χ2v) is 7.07.